The van der Waals surface area contributed by atoms with Crippen molar-refractivity contribution < 1.29 is 34.2 Å². The zero-order chi connectivity index (χ0) is 24.1. The van der Waals surface area contributed by atoms with Crippen molar-refractivity contribution in [1.82, 2.24) is 21.3 Å². The van der Waals surface area contributed by atoms with Gasteiger partial charge in [0.15, 0.2) is 0 Å². The van der Waals surface area contributed by atoms with Gasteiger partial charge in [-0.05, 0) is 33.4 Å². The van der Waals surface area contributed by atoms with Crippen LogP contribution in [0.25, 0.3) is 0 Å². The number of aliphatic hydroxyl groups is 1. The number of carbonyl (C=O) groups is 5. The van der Waals surface area contributed by atoms with Crippen molar-refractivity contribution in [3.8, 4) is 0 Å². The Kier molecular flexibility index (Phi) is 13.3. The number of amides is 2. The van der Waals surface area contributed by atoms with Gasteiger partial charge in [-0.15, -0.1) is 0 Å². The maximum absolute atomic E-state index is 12.4. The van der Waals surface area contributed by atoms with E-state index >= 15 is 0 Å². The van der Waals surface area contributed by atoms with Crippen LogP contribution < -0.4 is 38.5 Å². The minimum absolute atomic E-state index is 0.380. The summed E-state index contributed by atoms with van der Waals surface area (Å²) in [6.45, 7) is 0.968. The van der Waals surface area contributed by atoms with Gasteiger partial charge in [0.1, 0.15) is 12.3 Å². The number of nitrogens with one attached hydrogen (secondary N) is 4. The average molecular weight is 447 g/mol. The van der Waals surface area contributed by atoms with Crippen LogP contribution in [0.5, 0.6) is 0 Å². The van der Waals surface area contributed by atoms with Crippen LogP contribution in [-0.2, 0) is 24.0 Å². The first kappa shape index (κ1) is 28.5. The maximum atomic E-state index is 12.4. The van der Waals surface area contributed by atoms with Crippen LogP contribution in [0.4, 0.5) is 0 Å². The van der Waals surface area contributed by atoms with Gasteiger partial charge < -0.3 is 43.4 Å². The Morgan fingerprint density at radius 3 is 2.13 bits per heavy atom. The molecule has 12 N–H and O–H groups in total. The quantitative estimate of drug-likeness (QED) is 0.0613. The second kappa shape index (κ2) is 14.5. The number of Topliss-reactive ketones (excluding diaryl/α,β-unsaturated/α-hetero) is 2. The van der Waals surface area contributed by atoms with Crippen molar-refractivity contribution in [2.24, 2.45) is 17.2 Å². The van der Waals surface area contributed by atoms with Crippen LogP contribution in [0.15, 0.2) is 0 Å². The molecule has 0 bridgehead atoms. The minimum Gasteiger partial charge on any atom is -0.481 e. The molecule has 0 aliphatic heterocycles. The summed E-state index contributed by atoms with van der Waals surface area (Å²) in [6.07, 6.45) is -1.80. The molecule has 31 heavy (non-hydrogen) atoms. The van der Waals surface area contributed by atoms with E-state index in [0.717, 1.165) is 0 Å². The van der Waals surface area contributed by atoms with E-state index in [-0.39, 0.29) is 0 Å². The van der Waals surface area contributed by atoms with Crippen molar-refractivity contribution >= 4 is 29.4 Å². The summed E-state index contributed by atoms with van der Waals surface area (Å²) in [6, 6.07) is -3.61. The monoisotopic (exact) mass is 447 g/mol. The van der Waals surface area contributed by atoms with Gasteiger partial charge in [0.05, 0.1) is 31.2 Å². The van der Waals surface area contributed by atoms with Crippen molar-refractivity contribution in [2.45, 2.75) is 56.7 Å². The molecule has 0 spiro atoms. The van der Waals surface area contributed by atoms with E-state index in [9.17, 15) is 29.1 Å². The maximum Gasteiger partial charge on any atom is 0.305 e. The van der Waals surface area contributed by atoms with Gasteiger partial charge in [-0.25, -0.2) is 0 Å². The molecule has 0 aromatic carbocycles. The minimum atomic E-state index is -1.53. The number of hydrogen-bond donors (Lipinski definition) is 9. The molecule has 0 saturated heterocycles. The molecule has 178 valence electrons. The highest BCUT2D eigenvalue weighted by Crippen LogP contribution is 2.00. The smallest absolute Gasteiger partial charge is 0.305 e. The van der Waals surface area contributed by atoms with Gasteiger partial charge in [0, 0.05) is 0 Å². The first-order valence-corrected chi connectivity index (χ1v) is 9.63. The zero-order valence-corrected chi connectivity index (χ0v) is 17.6. The van der Waals surface area contributed by atoms with E-state index < -0.39 is 72.8 Å². The molecular formula is C17H33N7O7. The number of hydrogen-bond acceptors (Lipinski definition) is 11. The predicted octanol–water partition coefficient (Wildman–Crippen LogP) is -4.93. The molecule has 0 aliphatic rings. The molecule has 14 nitrogen and oxygen atoms in total. The summed E-state index contributed by atoms with van der Waals surface area (Å²) in [5.74, 6) is -5.07. The molecule has 0 radical (unpaired) electrons. The van der Waals surface area contributed by atoms with Crippen LogP contribution in [0.1, 0.15) is 26.2 Å². The fraction of sp³-hybridized carbons (Fsp3) is 0.706. The number of ketones is 2. The molecule has 0 unspecified atom stereocenters. The summed E-state index contributed by atoms with van der Waals surface area (Å²) in [7, 11) is 1.55. The van der Waals surface area contributed by atoms with Crippen LogP contribution in [0.2, 0.25) is 0 Å². The first-order chi connectivity index (χ1) is 14.4. The van der Waals surface area contributed by atoms with Crippen LogP contribution in [-0.4, -0.2) is 90.2 Å². The largest absolute Gasteiger partial charge is 0.481 e. The Labute approximate surface area is 179 Å². The third-order valence-electron chi connectivity index (χ3n) is 4.21. The van der Waals surface area contributed by atoms with Gasteiger partial charge in [-0.1, -0.05) is 0 Å². The molecule has 0 rings (SSSR count). The Bertz CT molecular complexity index is 642. The zero-order valence-electron chi connectivity index (χ0n) is 17.6. The van der Waals surface area contributed by atoms with Crippen molar-refractivity contribution in [2.75, 3.05) is 20.1 Å². The summed E-state index contributed by atoms with van der Waals surface area (Å²) in [5.41, 5.74) is 16.1. The molecular weight excluding hydrogens is 414 g/mol. The fourth-order valence-electron chi connectivity index (χ4n) is 2.49. The van der Waals surface area contributed by atoms with E-state index in [0.29, 0.717) is 19.4 Å². The van der Waals surface area contributed by atoms with Crippen LogP contribution >= 0.6 is 0 Å². The van der Waals surface area contributed by atoms with Gasteiger partial charge in [0.25, 0.3) is 0 Å². The highest BCUT2D eigenvalue weighted by molar-refractivity contribution is 6.40. The summed E-state index contributed by atoms with van der Waals surface area (Å²) >= 11 is 0. The number of likely N-dealkylation sites (N-methyl/N-ethyl adjacent to an activating group) is 1. The Balaban J connectivity index is 4.79. The Hall–Kier alpha value is -2.49. The fourth-order valence-corrected chi connectivity index (χ4v) is 2.49. The molecule has 0 aromatic heterocycles. The molecule has 0 heterocycles. The lowest BCUT2D eigenvalue weighted by Crippen LogP contribution is -2.57. The molecule has 2 amide bonds. The number of carboxylic acid groups (broad SMARTS) is 1. The van der Waals surface area contributed by atoms with E-state index in [4.69, 9.17) is 22.3 Å². The lowest BCUT2D eigenvalue weighted by Gasteiger charge is -2.24. The van der Waals surface area contributed by atoms with Crippen molar-refractivity contribution in [3.63, 3.8) is 0 Å². The predicted molar refractivity (Wildman–Crippen MR) is 109 cm³/mol. The van der Waals surface area contributed by atoms with E-state index in [1.54, 1.807) is 7.05 Å². The number of carbonyl (C=O) groups excluding carboxylic acids is 4. The highest BCUT2D eigenvalue weighted by atomic mass is 16.4. The third-order valence-corrected chi connectivity index (χ3v) is 4.21. The topological polar surface area (TPSA) is 252 Å². The standard InChI is InChI=1S/C17H33N7O7/c1-8(25)13(24-15(30)10(21-2)4-3-5-22-17(19)20)16(31)23-7-11(26)14(29)9(18)6-12(27)28/h8-10,13,17,21-22,25H,3-7,18-20H2,1-2H3,(H,23,31)(H,24,30)(H,27,28)/t8-,9+,10+,13+/m1/s1. The average Bonchev–Trinajstić information content (AvgIpc) is 2.68. The Morgan fingerprint density at radius 1 is 1.03 bits per heavy atom. The van der Waals surface area contributed by atoms with E-state index in [2.05, 4.69) is 21.3 Å². The van der Waals surface area contributed by atoms with Gasteiger partial charge in [0.2, 0.25) is 23.4 Å². The molecule has 14 heteroatoms. The van der Waals surface area contributed by atoms with Crippen LogP contribution in [0, 0.1) is 0 Å². The Morgan fingerprint density at radius 2 is 1.65 bits per heavy atom. The second-order valence-electron chi connectivity index (χ2n) is 6.90. The van der Waals surface area contributed by atoms with Crippen molar-refractivity contribution in [1.29, 1.82) is 0 Å². The first-order valence-electron chi connectivity index (χ1n) is 9.63. The lowest BCUT2D eigenvalue weighted by atomic mass is 10.1. The van der Waals surface area contributed by atoms with Gasteiger partial charge >= 0.3 is 5.97 Å². The van der Waals surface area contributed by atoms with Crippen molar-refractivity contribution in [3.05, 3.63) is 0 Å². The van der Waals surface area contributed by atoms with E-state index in [1.165, 1.54) is 6.92 Å². The summed E-state index contributed by atoms with van der Waals surface area (Å²) < 4.78 is 0. The van der Waals surface area contributed by atoms with E-state index in [1.807, 2.05) is 0 Å². The molecule has 0 saturated carbocycles. The van der Waals surface area contributed by atoms with Crippen LogP contribution in [0.3, 0.4) is 0 Å². The SMILES string of the molecule is CN[C@@H](CCCNC(N)N)C(=O)N[C@H](C(=O)NCC(=O)C(=O)[C@@H](N)CC(=O)O)[C@@H](C)O. The molecule has 4 atom stereocenters. The normalized spacial score (nSPS) is 14.9. The summed E-state index contributed by atoms with van der Waals surface area (Å²) in [5, 5.41) is 28.6. The third kappa shape index (κ3) is 11.5. The highest BCUT2D eigenvalue weighted by Gasteiger charge is 2.30. The number of aliphatic carboxylic acids is 1. The number of nitrogens with two attached hydrogens (primary N) is 3. The summed E-state index contributed by atoms with van der Waals surface area (Å²) in [4.78, 5) is 58.8. The van der Waals surface area contributed by atoms with Gasteiger partial charge in [-0.2, -0.15) is 0 Å². The van der Waals surface area contributed by atoms with Gasteiger partial charge in [-0.3, -0.25) is 29.3 Å². The number of aliphatic hydroxyl groups excluding tert-OH is 1. The second-order valence-corrected chi connectivity index (χ2v) is 6.90. The number of carboxylic acids is 1. The molecule has 0 aromatic rings. The number of rotatable bonds is 16. The molecule has 0 fully saturated rings. The lowest BCUT2D eigenvalue weighted by molar-refractivity contribution is -0.142. The molecule has 0 aliphatic carbocycles.